The molecular formula is C21H32Cl2N3O2RhS-. The van der Waals surface area contributed by atoms with E-state index in [9.17, 15) is 9.59 Å². The van der Waals surface area contributed by atoms with Crippen LogP contribution in [0.1, 0.15) is 53.5 Å². The molecule has 3 N–H and O–H groups in total. The molecule has 3 rings (SSSR count). The Bertz CT molecular complexity index is 719. The summed E-state index contributed by atoms with van der Waals surface area (Å²) >= 11 is 1.71. The zero-order chi connectivity index (χ0) is 22.3. The number of amides is 3. The topological polar surface area (TPSA) is 70.2 Å². The first-order valence-corrected chi connectivity index (χ1v) is 15.6. The maximum atomic E-state index is 12.1. The van der Waals surface area contributed by atoms with E-state index in [0.717, 1.165) is 31.4 Å². The molecule has 2 aliphatic heterocycles. The summed E-state index contributed by atoms with van der Waals surface area (Å²) in [6.45, 7) is 9.43. The molecular weight excluding hydrogens is 532 g/mol. The number of unbranched alkanes of at least 4 members (excludes halogenated alkanes) is 1. The van der Waals surface area contributed by atoms with Crippen LogP contribution in [0.3, 0.4) is 0 Å². The van der Waals surface area contributed by atoms with E-state index in [2.05, 4.69) is 43.6 Å². The third-order valence-corrected chi connectivity index (χ3v) is 7.88. The van der Waals surface area contributed by atoms with E-state index in [0.29, 0.717) is 18.2 Å². The van der Waals surface area contributed by atoms with Gasteiger partial charge in [0.2, 0.25) is 5.91 Å². The SMILES string of the molecule is Cc1c(C)c(C)[c-](CCNC(=O)CCCC[C@@H]2SC[C@@H]3NC(=O)N[C@@H]32)c1C.[Cl][Rh][Cl]. The summed E-state index contributed by atoms with van der Waals surface area (Å²) in [5.41, 5.74) is 6.91. The third-order valence-electron chi connectivity index (χ3n) is 6.37. The fourth-order valence-corrected chi connectivity index (χ4v) is 5.90. The van der Waals surface area contributed by atoms with Gasteiger partial charge in [0.25, 0.3) is 0 Å². The van der Waals surface area contributed by atoms with Crippen LogP contribution in [0.15, 0.2) is 0 Å². The van der Waals surface area contributed by atoms with Crippen LogP contribution in [0.4, 0.5) is 4.79 Å². The number of carbonyl (C=O) groups is 2. The number of urea groups is 1. The summed E-state index contributed by atoms with van der Waals surface area (Å²) in [6.07, 6.45) is 4.50. The summed E-state index contributed by atoms with van der Waals surface area (Å²) < 4.78 is 0. The molecule has 0 aliphatic carbocycles. The Labute approximate surface area is 200 Å². The minimum atomic E-state index is -0.226. The molecule has 2 saturated heterocycles. The normalized spacial score (nSPS) is 22.2. The quantitative estimate of drug-likeness (QED) is 0.190. The molecule has 0 bridgehead atoms. The van der Waals surface area contributed by atoms with Crippen molar-refractivity contribution in [3.8, 4) is 0 Å². The molecule has 0 unspecified atom stereocenters. The van der Waals surface area contributed by atoms with E-state index in [1.807, 2.05) is 11.8 Å². The molecule has 0 spiro atoms. The summed E-state index contributed by atoms with van der Waals surface area (Å²) in [4.78, 5) is 23.5. The van der Waals surface area contributed by atoms with Crippen molar-refractivity contribution < 1.29 is 24.7 Å². The van der Waals surface area contributed by atoms with Gasteiger partial charge in [-0.1, -0.05) is 40.5 Å². The van der Waals surface area contributed by atoms with Crippen LogP contribution < -0.4 is 16.0 Å². The van der Waals surface area contributed by atoms with E-state index in [1.54, 1.807) is 0 Å². The summed E-state index contributed by atoms with van der Waals surface area (Å²) in [5, 5.41) is 9.55. The van der Waals surface area contributed by atoms with Gasteiger partial charge in [-0.15, -0.1) is 5.56 Å². The average molecular weight is 564 g/mol. The van der Waals surface area contributed by atoms with E-state index in [1.165, 1.54) is 27.8 Å². The zero-order valence-corrected chi connectivity index (χ0v) is 22.0. The third kappa shape index (κ3) is 6.82. The zero-order valence-electron chi connectivity index (χ0n) is 18.0. The molecule has 5 nitrogen and oxygen atoms in total. The van der Waals surface area contributed by atoms with Gasteiger partial charge in [0, 0.05) is 24.0 Å². The Balaban J connectivity index is 0.00000101. The van der Waals surface area contributed by atoms with Gasteiger partial charge in [-0.3, -0.25) is 4.79 Å². The van der Waals surface area contributed by atoms with Crippen molar-refractivity contribution >= 4 is 43.1 Å². The number of rotatable bonds is 8. The number of nitrogens with one attached hydrogen (secondary N) is 3. The number of carbonyl (C=O) groups excluding carboxylic acids is 2. The molecule has 2 aliphatic rings. The van der Waals surface area contributed by atoms with Gasteiger partial charge in [0.05, 0.1) is 12.1 Å². The molecule has 30 heavy (non-hydrogen) atoms. The predicted octanol–water partition coefficient (Wildman–Crippen LogP) is 4.40. The Hall–Kier alpha value is -0.357. The van der Waals surface area contributed by atoms with Crippen molar-refractivity contribution in [3.63, 3.8) is 0 Å². The van der Waals surface area contributed by atoms with Gasteiger partial charge in [-0.05, 0) is 12.8 Å². The second-order valence-electron chi connectivity index (χ2n) is 7.99. The summed E-state index contributed by atoms with van der Waals surface area (Å²) in [6, 6.07) is 0.515. The van der Waals surface area contributed by atoms with Crippen molar-refractivity contribution in [2.45, 2.75) is 77.1 Å². The summed E-state index contributed by atoms with van der Waals surface area (Å²) in [5.74, 6) is 1.15. The van der Waals surface area contributed by atoms with Crippen molar-refractivity contribution in [2.75, 3.05) is 12.3 Å². The van der Waals surface area contributed by atoms with Crippen molar-refractivity contribution in [1.29, 1.82) is 0 Å². The van der Waals surface area contributed by atoms with Crippen LogP contribution in [0, 0.1) is 27.7 Å². The maximum absolute atomic E-state index is 12.1. The number of halogens is 2. The van der Waals surface area contributed by atoms with Crippen molar-refractivity contribution in [1.82, 2.24) is 16.0 Å². The van der Waals surface area contributed by atoms with Gasteiger partial charge in [-0.2, -0.15) is 34.0 Å². The number of hydrogen-bond acceptors (Lipinski definition) is 3. The first-order chi connectivity index (χ1) is 14.3. The summed E-state index contributed by atoms with van der Waals surface area (Å²) in [7, 11) is 9.67. The molecule has 1 aromatic carbocycles. The predicted molar refractivity (Wildman–Crippen MR) is 123 cm³/mol. The van der Waals surface area contributed by atoms with E-state index in [4.69, 9.17) is 19.4 Å². The molecule has 0 saturated carbocycles. The molecule has 0 aromatic heterocycles. The monoisotopic (exact) mass is 563 g/mol. The fraction of sp³-hybridized carbons (Fsp3) is 0.667. The Kier molecular flexibility index (Phi) is 10.9. The van der Waals surface area contributed by atoms with Crippen molar-refractivity contribution in [2.24, 2.45) is 0 Å². The van der Waals surface area contributed by atoms with Gasteiger partial charge < -0.3 is 16.0 Å². The van der Waals surface area contributed by atoms with Crippen LogP contribution in [-0.2, 0) is 26.4 Å². The van der Waals surface area contributed by atoms with Crippen molar-refractivity contribution in [3.05, 3.63) is 27.8 Å². The van der Waals surface area contributed by atoms with Crippen LogP contribution in [0.5, 0.6) is 0 Å². The molecule has 0 radical (unpaired) electrons. The fourth-order valence-electron chi connectivity index (χ4n) is 4.36. The number of fused-ring (bicyclic) bond motifs is 1. The van der Waals surface area contributed by atoms with Gasteiger partial charge >= 0.3 is 40.6 Å². The Morgan fingerprint density at radius 2 is 1.80 bits per heavy atom. The molecule has 173 valence electrons. The molecule has 1 aromatic rings. The molecule has 3 amide bonds. The van der Waals surface area contributed by atoms with Gasteiger partial charge in [-0.25, -0.2) is 4.79 Å². The van der Waals surface area contributed by atoms with Crippen LogP contribution in [0.25, 0.3) is 0 Å². The van der Waals surface area contributed by atoms with E-state index in [-0.39, 0.29) is 39.2 Å². The molecule has 2 heterocycles. The second-order valence-corrected chi connectivity index (χ2v) is 11.8. The first-order valence-electron chi connectivity index (χ1n) is 10.3. The molecule has 9 heteroatoms. The molecule has 2 fully saturated rings. The van der Waals surface area contributed by atoms with Gasteiger partial charge in [0.1, 0.15) is 0 Å². The number of thioether (sulfide) groups is 1. The van der Waals surface area contributed by atoms with Crippen LogP contribution in [-0.4, -0.2) is 41.6 Å². The van der Waals surface area contributed by atoms with Crippen LogP contribution in [0.2, 0.25) is 0 Å². The van der Waals surface area contributed by atoms with Crippen LogP contribution >= 0.6 is 31.1 Å². The van der Waals surface area contributed by atoms with Gasteiger partial charge in [0.15, 0.2) is 0 Å². The second kappa shape index (κ2) is 12.6. The van der Waals surface area contributed by atoms with E-state index >= 15 is 0 Å². The number of hydrogen-bond donors (Lipinski definition) is 3. The minimum absolute atomic E-state index is 0.0321. The standard InChI is InChI=1S/C21H32N3O2S.2ClH.Rh/c1-12-13(2)15(4)16(14(12)3)9-10-22-19(25)8-6-5-7-18-20-17(11-27-18)23-21(26)24-20;;;/h17-18,20H,5-11H2,1-4H3,(H,22,25)(H2,23,24,26);2*1H;/q-1;;;+2/p-2/t17-,18-,20-;;;/m0.../s1. The first kappa shape index (κ1) is 25.9. The van der Waals surface area contributed by atoms with E-state index < -0.39 is 0 Å². The molecule has 3 atom stereocenters. The average Bonchev–Trinajstić information content (AvgIpc) is 3.31. The Morgan fingerprint density at radius 1 is 1.17 bits per heavy atom. The Morgan fingerprint density at radius 3 is 2.43 bits per heavy atom.